The van der Waals surface area contributed by atoms with Gasteiger partial charge in [0.15, 0.2) is 0 Å². The normalized spacial score (nSPS) is 10.5. The van der Waals surface area contributed by atoms with Crippen LogP contribution in [-0.4, -0.2) is 32.3 Å². The van der Waals surface area contributed by atoms with Gasteiger partial charge in [-0.2, -0.15) is 0 Å². The van der Waals surface area contributed by atoms with Crippen molar-refractivity contribution in [2.75, 3.05) is 25.6 Å². The smallest absolute Gasteiger partial charge is 0.255 e. The number of hydrogen-bond acceptors (Lipinski definition) is 4. The quantitative estimate of drug-likeness (QED) is 0.749. The lowest BCUT2D eigenvalue weighted by Crippen LogP contribution is -2.12. The Bertz CT molecular complexity index is 653. The van der Waals surface area contributed by atoms with Crippen LogP contribution in [0, 0.1) is 0 Å². The number of amides is 1. The van der Waals surface area contributed by atoms with E-state index in [4.69, 9.17) is 14.2 Å². The SMILES string of the molecule is COCCOc1cccc(NC(=O)c2ccc(OC(C)C)cc2)c1. The molecule has 0 aromatic heterocycles. The maximum Gasteiger partial charge on any atom is 0.255 e. The highest BCUT2D eigenvalue weighted by atomic mass is 16.5. The summed E-state index contributed by atoms with van der Waals surface area (Å²) in [6.45, 7) is 4.90. The maximum atomic E-state index is 12.3. The first-order valence-electron chi connectivity index (χ1n) is 7.88. The van der Waals surface area contributed by atoms with Crippen LogP contribution >= 0.6 is 0 Å². The number of nitrogens with one attached hydrogen (secondary N) is 1. The molecule has 128 valence electrons. The zero-order chi connectivity index (χ0) is 17.4. The number of benzene rings is 2. The topological polar surface area (TPSA) is 56.8 Å². The first-order valence-corrected chi connectivity index (χ1v) is 7.88. The minimum absolute atomic E-state index is 0.102. The molecule has 5 nitrogen and oxygen atoms in total. The molecule has 0 aliphatic heterocycles. The fraction of sp³-hybridized carbons (Fsp3) is 0.316. The molecule has 0 fully saturated rings. The zero-order valence-corrected chi connectivity index (χ0v) is 14.2. The minimum Gasteiger partial charge on any atom is -0.491 e. The van der Waals surface area contributed by atoms with Crippen molar-refractivity contribution < 1.29 is 19.0 Å². The summed E-state index contributed by atoms with van der Waals surface area (Å²) in [7, 11) is 1.62. The Kier molecular flexibility index (Phi) is 6.63. The molecule has 0 aliphatic carbocycles. The minimum atomic E-state index is -0.180. The van der Waals surface area contributed by atoms with Crippen molar-refractivity contribution in [3.8, 4) is 11.5 Å². The molecule has 24 heavy (non-hydrogen) atoms. The molecule has 0 radical (unpaired) electrons. The third kappa shape index (κ3) is 5.59. The van der Waals surface area contributed by atoms with Gasteiger partial charge in [0.2, 0.25) is 0 Å². The van der Waals surface area contributed by atoms with Gasteiger partial charge in [-0.3, -0.25) is 4.79 Å². The van der Waals surface area contributed by atoms with Gasteiger partial charge in [-0.15, -0.1) is 0 Å². The molecule has 2 aromatic carbocycles. The standard InChI is InChI=1S/C19H23NO4/c1-14(2)24-17-9-7-15(8-10-17)19(21)20-16-5-4-6-18(13-16)23-12-11-22-3/h4-10,13-14H,11-12H2,1-3H3,(H,20,21). The Balaban J connectivity index is 1.97. The Morgan fingerprint density at radius 1 is 1.04 bits per heavy atom. The predicted molar refractivity (Wildman–Crippen MR) is 94.0 cm³/mol. The molecule has 0 saturated carbocycles. The van der Waals surface area contributed by atoms with E-state index in [1.165, 1.54) is 0 Å². The summed E-state index contributed by atoms with van der Waals surface area (Å²) < 4.78 is 16.1. The predicted octanol–water partition coefficient (Wildman–Crippen LogP) is 3.75. The van der Waals surface area contributed by atoms with Gasteiger partial charge < -0.3 is 19.5 Å². The lowest BCUT2D eigenvalue weighted by atomic mass is 10.2. The Morgan fingerprint density at radius 2 is 1.79 bits per heavy atom. The highest BCUT2D eigenvalue weighted by Gasteiger charge is 2.07. The summed E-state index contributed by atoms with van der Waals surface area (Å²) in [6, 6.07) is 14.3. The molecular weight excluding hydrogens is 306 g/mol. The molecule has 1 N–H and O–H groups in total. The van der Waals surface area contributed by atoms with E-state index in [0.29, 0.717) is 30.2 Å². The van der Waals surface area contributed by atoms with Gasteiger partial charge >= 0.3 is 0 Å². The fourth-order valence-electron chi connectivity index (χ4n) is 2.07. The summed E-state index contributed by atoms with van der Waals surface area (Å²) in [5.74, 6) is 1.25. The summed E-state index contributed by atoms with van der Waals surface area (Å²) in [5.41, 5.74) is 1.24. The average Bonchev–Trinajstić information content (AvgIpc) is 2.55. The molecule has 0 aliphatic rings. The average molecular weight is 329 g/mol. The van der Waals surface area contributed by atoms with Crippen LogP contribution in [-0.2, 0) is 4.74 Å². The third-order valence-corrected chi connectivity index (χ3v) is 3.14. The molecule has 1 amide bonds. The lowest BCUT2D eigenvalue weighted by molar-refractivity contribution is 0.102. The van der Waals surface area contributed by atoms with E-state index in [-0.39, 0.29) is 12.0 Å². The number of anilines is 1. The number of hydrogen-bond donors (Lipinski definition) is 1. The van der Waals surface area contributed by atoms with E-state index >= 15 is 0 Å². The molecule has 0 bridgehead atoms. The van der Waals surface area contributed by atoms with Gasteiger partial charge in [0.05, 0.1) is 12.7 Å². The van der Waals surface area contributed by atoms with E-state index in [1.54, 1.807) is 37.4 Å². The van der Waals surface area contributed by atoms with Gasteiger partial charge in [0.1, 0.15) is 18.1 Å². The number of carbonyl (C=O) groups is 1. The molecule has 0 atom stereocenters. The second kappa shape index (κ2) is 8.93. The van der Waals surface area contributed by atoms with Crippen molar-refractivity contribution in [1.82, 2.24) is 0 Å². The summed E-state index contributed by atoms with van der Waals surface area (Å²) in [5, 5.41) is 2.86. The van der Waals surface area contributed by atoms with Crippen LogP contribution in [0.1, 0.15) is 24.2 Å². The van der Waals surface area contributed by atoms with Crippen molar-refractivity contribution in [3.05, 3.63) is 54.1 Å². The lowest BCUT2D eigenvalue weighted by Gasteiger charge is -2.11. The maximum absolute atomic E-state index is 12.3. The van der Waals surface area contributed by atoms with Gasteiger partial charge in [-0.1, -0.05) is 6.07 Å². The van der Waals surface area contributed by atoms with Crippen molar-refractivity contribution in [2.24, 2.45) is 0 Å². The van der Waals surface area contributed by atoms with E-state index in [0.717, 1.165) is 5.75 Å². The molecule has 5 heteroatoms. The van der Waals surface area contributed by atoms with Gasteiger partial charge in [-0.05, 0) is 50.2 Å². The fourth-order valence-corrected chi connectivity index (χ4v) is 2.07. The summed E-state index contributed by atoms with van der Waals surface area (Å²) in [6.07, 6.45) is 0.102. The highest BCUT2D eigenvalue weighted by Crippen LogP contribution is 2.19. The van der Waals surface area contributed by atoms with E-state index in [1.807, 2.05) is 32.0 Å². The van der Waals surface area contributed by atoms with Crippen LogP contribution in [0.5, 0.6) is 11.5 Å². The Hall–Kier alpha value is -2.53. The van der Waals surface area contributed by atoms with Crippen molar-refractivity contribution >= 4 is 11.6 Å². The highest BCUT2D eigenvalue weighted by molar-refractivity contribution is 6.04. The van der Waals surface area contributed by atoms with Crippen LogP contribution in [0.2, 0.25) is 0 Å². The van der Waals surface area contributed by atoms with Crippen LogP contribution in [0.4, 0.5) is 5.69 Å². The number of carbonyl (C=O) groups excluding carboxylic acids is 1. The third-order valence-electron chi connectivity index (χ3n) is 3.14. The summed E-state index contributed by atoms with van der Waals surface area (Å²) in [4.78, 5) is 12.3. The van der Waals surface area contributed by atoms with Crippen molar-refractivity contribution in [3.63, 3.8) is 0 Å². The monoisotopic (exact) mass is 329 g/mol. The van der Waals surface area contributed by atoms with Crippen LogP contribution < -0.4 is 14.8 Å². The first-order chi connectivity index (χ1) is 11.6. The molecule has 0 spiro atoms. The Morgan fingerprint density at radius 3 is 2.46 bits per heavy atom. The second-order valence-electron chi connectivity index (χ2n) is 5.51. The van der Waals surface area contributed by atoms with E-state index in [9.17, 15) is 4.79 Å². The van der Waals surface area contributed by atoms with Crippen LogP contribution in [0.3, 0.4) is 0 Å². The molecule has 2 aromatic rings. The number of methoxy groups -OCH3 is 1. The molecule has 2 rings (SSSR count). The zero-order valence-electron chi connectivity index (χ0n) is 14.2. The molecular formula is C19H23NO4. The van der Waals surface area contributed by atoms with Gasteiger partial charge in [-0.25, -0.2) is 0 Å². The summed E-state index contributed by atoms with van der Waals surface area (Å²) >= 11 is 0. The van der Waals surface area contributed by atoms with Gasteiger partial charge in [0, 0.05) is 24.4 Å². The van der Waals surface area contributed by atoms with Crippen molar-refractivity contribution in [2.45, 2.75) is 20.0 Å². The van der Waals surface area contributed by atoms with Crippen LogP contribution in [0.15, 0.2) is 48.5 Å². The molecule has 0 saturated heterocycles. The van der Waals surface area contributed by atoms with E-state index < -0.39 is 0 Å². The molecule has 0 unspecified atom stereocenters. The van der Waals surface area contributed by atoms with E-state index in [2.05, 4.69) is 5.32 Å². The molecule has 0 heterocycles. The Labute approximate surface area is 142 Å². The first kappa shape index (κ1) is 17.8. The largest absolute Gasteiger partial charge is 0.491 e. The second-order valence-corrected chi connectivity index (χ2v) is 5.51. The van der Waals surface area contributed by atoms with Crippen LogP contribution in [0.25, 0.3) is 0 Å². The number of ether oxygens (including phenoxy) is 3. The van der Waals surface area contributed by atoms with Gasteiger partial charge in [0.25, 0.3) is 5.91 Å². The van der Waals surface area contributed by atoms with Crippen molar-refractivity contribution in [1.29, 1.82) is 0 Å². The number of rotatable bonds is 8.